The molecule has 1 fully saturated rings. The van der Waals surface area contributed by atoms with Gasteiger partial charge in [-0.15, -0.1) is 0 Å². The Hall–Kier alpha value is -0.650. The summed E-state index contributed by atoms with van der Waals surface area (Å²) in [5, 5.41) is 11.0. The highest BCUT2D eigenvalue weighted by molar-refractivity contribution is 6.31. The Bertz CT molecular complexity index is 436. The van der Waals surface area contributed by atoms with Gasteiger partial charge in [0, 0.05) is 56.5 Å². The number of hydrogen-bond donors (Lipinski definition) is 1. The number of nitrogens with zero attached hydrogens (tertiary/aromatic N) is 2. The first-order chi connectivity index (χ1) is 10.1. The van der Waals surface area contributed by atoms with E-state index in [1.807, 2.05) is 24.3 Å². The molecule has 1 aliphatic rings. The van der Waals surface area contributed by atoms with Crippen LogP contribution >= 0.6 is 11.6 Å². The normalized spacial score (nSPS) is 20.4. The fourth-order valence-electron chi connectivity index (χ4n) is 2.82. The van der Waals surface area contributed by atoms with Crippen molar-refractivity contribution >= 4 is 11.6 Å². The molecule has 0 aromatic heterocycles. The first kappa shape index (κ1) is 16.7. The third-order valence-electron chi connectivity index (χ3n) is 4.13. The lowest BCUT2D eigenvalue weighted by molar-refractivity contribution is 0.0370. The van der Waals surface area contributed by atoms with Crippen LogP contribution in [0.5, 0.6) is 0 Å². The van der Waals surface area contributed by atoms with Gasteiger partial charge in [-0.25, -0.2) is 0 Å². The number of piperazine rings is 1. The van der Waals surface area contributed by atoms with E-state index in [0.717, 1.165) is 38.3 Å². The molecule has 1 aromatic rings. The van der Waals surface area contributed by atoms with Crippen molar-refractivity contribution in [3.63, 3.8) is 0 Å². The van der Waals surface area contributed by atoms with E-state index in [4.69, 9.17) is 16.3 Å². The number of β-amino-alcohol motifs (C(OH)–C–C–N with tert-alkyl or cyclic N) is 1. The van der Waals surface area contributed by atoms with Gasteiger partial charge in [0.2, 0.25) is 0 Å². The summed E-state index contributed by atoms with van der Waals surface area (Å²) in [4.78, 5) is 4.73. The summed E-state index contributed by atoms with van der Waals surface area (Å²) in [6.45, 7) is 7.56. The molecule has 2 atom stereocenters. The summed E-state index contributed by atoms with van der Waals surface area (Å²) in [5.41, 5.74) is 0.814. The van der Waals surface area contributed by atoms with Gasteiger partial charge in [0.25, 0.3) is 0 Å². The van der Waals surface area contributed by atoms with Crippen molar-refractivity contribution in [1.29, 1.82) is 0 Å². The average molecular weight is 313 g/mol. The fraction of sp³-hybridized carbons (Fsp3) is 0.625. The molecule has 0 bridgehead atoms. The number of hydrogen-bond acceptors (Lipinski definition) is 4. The Morgan fingerprint density at radius 3 is 2.52 bits per heavy atom. The zero-order valence-corrected chi connectivity index (χ0v) is 13.6. The van der Waals surface area contributed by atoms with Crippen LogP contribution in [-0.2, 0) is 4.74 Å². The summed E-state index contributed by atoms with van der Waals surface area (Å²) in [5.74, 6) is 0. The topological polar surface area (TPSA) is 35.9 Å². The quantitative estimate of drug-likeness (QED) is 0.872. The standard InChI is InChI=1S/C16H25ClN2O2/c1-13(12-21-2)19-9-7-18(8-10-19)11-16(20)14-5-3-4-6-15(14)17/h3-6,13,16,20H,7-12H2,1-2H3. The van der Waals surface area contributed by atoms with Crippen LogP contribution in [0, 0.1) is 0 Å². The van der Waals surface area contributed by atoms with Crippen LogP contribution in [0.2, 0.25) is 5.02 Å². The lowest BCUT2D eigenvalue weighted by Gasteiger charge is -2.38. The van der Waals surface area contributed by atoms with Crippen molar-refractivity contribution in [2.45, 2.75) is 19.1 Å². The van der Waals surface area contributed by atoms with E-state index in [2.05, 4.69) is 16.7 Å². The van der Waals surface area contributed by atoms with Crippen molar-refractivity contribution in [2.24, 2.45) is 0 Å². The van der Waals surface area contributed by atoms with Crippen molar-refractivity contribution in [2.75, 3.05) is 46.4 Å². The number of ether oxygens (including phenoxy) is 1. The molecule has 1 N–H and O–H groups in total. The van der Waals surface area contributed by atoms with E-state index < -0.39 is 6.10 Å². The highest BCUT2D eigenvalue weighted by Crippen LogP contribution is 2.23. The second kappa shape index (κ2) is 8.11. The summed E-state index contributed by atoms with van der Waals surface area (Å²) in [7, 11) is 1.74. The van der Waals surface area contributed by atoms with Gasteiger partial charge in [-0.05, 0) is 13.0 Å². The van der Waals surface area contributed by atoms with Crippen LogP contribution in [0.4, 0.5) is 0 Å². The Morgan fingerprint density at radius 1 is 1.24 bits per heavy atom. The highest BCUT2D eigenvalue weighted by Gasteiger charge is 2.23. The summed E-state index contributed by atoms with van der Waals surface area (Å²) in [6.07, 6.45) is -0.526. The molecule has 21 heavy (non-hydrogen) atoms. The molecule has 2 unspecified atom stereocenters. The number of aliphatic hydroxyl groups excluding tert-OH is 1. The van der Waals surface area contributed by atoms with Crippen LogP contribution in [0.3, 0.4) is 0 Å². The van der Waals surface area contributed by atoms with Crippen LogP contribution in [0.1, 0.15) is 18.6 Å². The minimum absolute atomic E-state index is 0.450. The van der Waals surface area contributed by atoms with Gasteiger partial charge in [0.1, 0.15) is 0 Å². The van der Waals surface area contributed by atoms with E-state index in [-0.39, 0.29) is 0 Å². The summed E-state index contributed by atoms with van der Waals surface area (Å²) >= 11 is 6.14. The van der Waals surface area contributed by atoms with Crippen molar-refractivity contribution in [3.8, 4) is 0 Å². The molecule has 0 amide bonds. The largest absolute Gasteiger partial charge is 0.387 e. The molecule has 2 rings (SSSR count). The zero-order valence-electron chi connectivity index (χ0n) is 12.8. The monoisotopic (exact) mass is 312 g/mol. The molecule has 1 aromatic carbocycles. The molecular formula is C16H25ClN2O2. The smallest absolute Gasteiger partial charge is 0.0931 e. The lowest BCUT2D eigenvalue weighted by atomic mass is 10.1. The minimum atomic E-state index is -0.526. The molecule has 1 aliphatic heterocycles. The lowest BCUT2D eigenvalue weighted by Crippen LogP contribution is -2.51. The zero-order chi connectivity index (χ0) is 15.2. The maximum Gasteiger partial charge on any atom is 0.0931 e. The Kier molecular flexibility index (Phi) is 6.45. The molecule has 0 saturated carbocycles. The Balaban J connectivity index is 1.82. The number of rotatable bonds is 6. The van der Waals surface area contributed by atoms with Crippen molar-refractivity contribution in [3.05, 3.63) is 34.9 Å². The highest BCUT2D eigenvalue weighted by atomic mass is 35.5. The molecule has 5 heteroatoms. The first-order valence-electron chi connectivity index (χ1n) is 7.49. The summed E-state index contributed by atoms with van der Waals surface area (Å²) < 4.78 is 5.21. The molecule has 1 heterocycles. The van der Waals surface area contributed by atoms with Gasteiger partial charge in [-0.2, -0.15) is 0 Å². The van der Waals surface area contributed by atoms with Gasteiger partial charge in [-0.3, -0.25) is 9.80 Å². The molecule has 118 valence electrons. The average Bonchev–Trinajstić information content (AvgIpc) is 2.48. The Morgan fingerprint density at radius 2 is 1.90 bits per heavy atom. The number of aliphatic hydroxyl groups is 1. The SMILES string of the molecule is COCC(C)N1CCN(CC(O)c2ccccc2Cl)CC1. The van der Waals surface area contributed by atoms with E-state index in [0.29, 0.717) is 17.6 Å². The van der Waals surface area contributed by atoms with E-state index in [1.54, 1.807) is 7.11 Å². The van der Waals surface area contributed by atoms with E-state index in [9.17, 15) is 5.11 Å². The predicted octanol–water partition coefficient (Wildman–Crippen LogP) is 2.03. The number of benzene rings is 1. The minimum Gasteiger partial charge on any atom is -0.387 e. The molecular weight excluding hydrogens is 288 g/mol. The van der Waals surface area contributed by atoms with Gasteiger partial charge in [0.05, 0.1) is 12.7 Å². The predicted molar refractivity (Wildman–Crippen MR) is 85.8 cm³/mol. The van der Waals surface area contributed by atoms with Crippen LogP contribution in [-0.4, -0.2) is 67.4 Å². The fourth-order valence-corrected chi connectivity index (χ4v) is 3.08. The molecule has 4 nitrogen and oxygen atoms in total. The van der Waals surface area contributed by atoms with E-state index >= 15 is 0 Å². The number of halogens is 1. The first-order valence-corrected chi connectivity index (χ1v) is 7.87. The van der Waals surface area contributed by atoms with E-state index in [1.165, 1.54) is 0 Å². The van der Waals surface area contributed by atoms with Gasteiger partial charge < -0.3 is 9.84 Å². The van der Waals surface area contributed by atoms with Crippen LogP contribution in [0.15, 0.2) is 24.3 Å². The maximum atomic E-state index is 10.4. The second-order valence-corrected chi connectivity index (χ2v) is 6.09. The molecule has 0 spiro atoms. The summed E-state index contributed by atoms with van der Waals surface area (Å²) in [6, 6.07) is 7.96. The second-order valence-electron chi connectivity index (χ2n) is 5.68. The maximum absolute atomic E-state index is 10.4. The van der Waals surface area contributed by atoms with Crippen molar-refractivity contribution in [1.82, 2.24) is 9.80 Å². The third kappa shape index (κ3) is 4.66. The Labute approximate surface area is 132 Å². The van der Waals surface area contributed by atoms with Crippen molar-refractivity contribution < 1.29 is 9.84 Å². The van der Waals surface area contributed by atoms with Crippen LogP contribution < -0.4 is 0 Å². The van der Waals surface area contributed by atoms with Gasteiger partial charge in [0.15, 0.2) is 0 Å². The van der Waals surface area contributed by atoms with Gasteiger partial charge in [-0.1, -0.05) is 29.8 Å². The third-order valence-corrected chi connectivity index (χ3v) is 4.48. The van der Waals surface area contributed by atoms with Gasteiger partial charge >= 0.3 is 0 Å². The molecule has 0 radical (unpaired) electrons. The number of methoxy groups -OCH3 is 1. The molecule has 0 aliphatic carbocycles. The van der Waals surface area contributed by atoms with Crippen LogP contribution in [0.25, 0.3) is 0 Å². The molecule has 1 saturated heterocycles.